The fraction of sp³-hybridized carbons (Fsp3) is 0.421. The van der Waals surface area contributed by atoms with Gasteiger partial charge >= 0.3 is 5.97 Å². The first-order valence-corrected chi connectivity index (χ1v) is 8.36. The van der Waals surface area contributed by atoms with Crippen LogP contribution in [0.15, 0.2) is 36.4 Å². The van der Waals surface area contributed by atoms with Crippen molar-refractivity contribution < 1.29 is 9.53 Å². The molecule has 0 saturated heterocycles. The van der Waals surface area contributed by atoms with Gasteiger partial charge in [0.05, 0.1) is 13.2 Å². The van der Waals surface area contributed by atoms with Gasteiger partial charge in [-0.15, -0.1) is 0 Å². The maximum absolute atomic E-state index is 12.2. The monoisotopic (exact) mass is 310 g/mol. The molecule has 4 rings (SSSR count). The second kappa shape index (κ2) is 5.85. The fourth-order valence-electron chi connectivity index (χ4n) is 4.05. The molecule has 2 heterocycles. The number of benzene rings is 1. The Morgan fingerprint density at radius 3 is 2.91 bits per heavy atom. The Bertz CT molecular complexity index is 762. The molecule has 2 aromatic rings. The Balaban J connectivity index is 1.79. The van der Waals surface area contributed by atoms with Gasteiger partial charge in [-0.25, -0.2) is 0 Å². The molecular weight excluding hydrogens is 288 g/mol. The van der Waals surface area contributed by atoms with E-state index >= 15 is 0 Å². The van der Waals surface area contributed by atoms with Crippen LogP contribution in [0.25, 0.3) is 10.9 Å². The summed E-state index contributed by atoms with van der Waals surface area (Å²) >= 11 is 0. The number of fused-ring (bicyclic) bond motifs is 3. The highest BCUT2D eigenvalue weighted by atomic mass is 16.5. The standard InChI is InChI=1S/C19H22N2O2/c1-23-19(22)16-11-14-13-9-5-6-10-15(13)20-18(14)17(21-16)12-7-3-2-4-8-12/h2-3,5-6,9-10,12,16-17,20-21H,4,7-8,11H2,1H3. The highest BCUT2D eigenvalue weighted by molar-refractivity contribution is 5.87. The number of ether oxygens (including phenoxy) is 1. The van der Waals surface area contributed by atoms with E-state index in [1.807, 2.05) is 6.07 Å². The van der Waals surface area contributed by atoms with Crippen LogP contribution < -0.4 is 5.32 Å². The molecule has 4 heteroatoms. The van der Waals surface area contributed by atoms with Crippen molar-refractivity contribution >= 4 is 16.9 Å². The molecule has 0 bridgehead atoms. The van der Waals surface area contributed by atoms with Crippen LogP contribution in [0, 0.1) is 5.92 Å². The zero-order valence-corrected chi connectivity index (χ0v) is 13.3. The first-order chi connectivity index (χ1) is 11.3. The van der Waals surface area contributed by atoms with Crippen LogP contribution in [0.4, 0.5) is 0 Å². The highest BCUT2D eigenvalue weighted by Crippen LogP contribution is 2.39. The Morgan fingerprint density at radius 2 is 2.13 bits per heavy atom. The predicted molar refractivity (Wildman–Crippen MR) is 90.2 cm³/mol. The minimum Gasteiger partial charge on any atom is -0.468 e. The molecule has 23 heavy (non-hydrogen) atoms. The third-order valence-electron chi connectivity index (χ3n) is 5.21. The van der Waals surface area contributed by atoms with Crippen LogP contribution in [-0.4, -0.2) is 24.1 Å². The quantitative estimate of drug-likeness (QED) is 0.661. The van der Waals surface area contributed by atoms with Crippen molar-refractivity contribution in [3.05, 3.63) is 47.7 Å². The first kappa shape index (κ1) is 14.5. The van der Waals surface area contributed by atoms with Crippen molar-refractivity contribution in [1.29, 1.82) is 0 Å². The number of methoxy groups -OCH3 is 1. The summed E-state index contributed by atoms with van der Waals surface area (Å²) in [5, 5.41) is 4.78. The number of carbonyl (C=O) groups excluding carboxylic acids is 1. The van der Waals surface area contributed by atoms with Crippen LogP contribution in [0.3, 0.4) is 0 Å². The maximum Gasteiger partial charge on any atom is 0.323 e. The topological polar surface area (TPSA) is 54.1 Å². The van der Waals surface area contributed by atoms with Gasteiger partial charge < -0.3 is 9.72 Å². The van der Waals surface area contributed by atoms with E-state index in [-0.39, 0.29) is 18.1 Å². The molecule has 3 unspecified atom stereocenters. The van der Waals surface area contributed by atoms with Crippen LogP contribution in [-0.2, 0) is 16.0 Å². The Kier molecular flexibility index (Phi) is 3.69. The molecule has 2 N–H and O–H groups in total. The Morgan fingerprint density at radius 1 is 1.26 bits per heavy atom. The molecule has 1 aliphatic carbocycles. The summed E-state index contributed by atoms with van der Waals surface area (Å²) in [5.41, 5.74) is 3.68. The molecule has 1 aromatic heterocycles. The van der Waals surface area contributed by atoms with Gasteiger partial charge in [0.15, 0.2) is 0 Å². The normalized spacial score (nSPS) is 26.9. The van der Waals surface area contributed by atoms with Crippen LogP contribution in [0.5, 0.6) is 0 Å². The molecule has 0 saturated carbocycles. The number of allylic oxidation sites excluding steroid dienone is 2. The van der Waals surface area contributed by atoms with Crippen molar-refractivity contribution in [1.82, 2.24) is 10.3 Å². The van der Waals surface area contributed by atoms with Gasteiger partial charge in [-0.1, -0.05) is 30.4 Å². The second-order valence-corrected chi connectivity index (χ2v) is 6.53. The first-order valence-electron chi connectivity index (χ1n) is 8.36. The van der Waals surface area contributed by atoms with E-state index in [4.69, 9.17) is 4.74 Å². The summed E-state index contributed by atoms with van der Waals surface area (Å²) in [4.78, 5) is 15.8. The molecule has 4 nitrogen and oxygen atoms in total. The zero-order valence-electron chi connectivity index (χ0n) is 13.3. The van der Waals surface area contributed by atoms with E-state index in [0.29, 0.717) is 12.3 Å². The van der Waals surface area contributed by atoms with Gasteiger partial charge in [-0.2, -0.15) is 0 Å². The minimum absolute atomic E-state index is 0.169. The van der Waals surface area contributed by atoms with E-state index in [0.717, 1.165) is 24.8 Å². The number of nitrogens with one attached hydrogen (secondary N) is 2. The third-order valence-corrected chi connectivity index (χ3v) is 5.21. The lowest BCUT2D eigenvalue weighted by Crippen LogP contribution is -2.47. The van der Waals surface area contributed by atoms with Crippen molar-refractivity contribution in [2.45, 2.75) is 37.8 Å². The molecule has 0 spiro atoms. The number of esters is 1. The second-order valence-electron chi connectivity index (χ2n) is 6.53. The summed E-state index contributed by atoms with van der Waals surface area (Å²) in [6, 6.07) is 8.28. The maximum atomic E-state index is 12.2. The lowest BCUT2D eigenvalue weighted by atomic mass is 9.81. The Labute approximate surface area is 135 Å². The van der Waals surface area contributed by atoms with Crippen molar-refractivity contribution in [2.75, 3.05) is 7.11 Å². The van der Waals surface area contributed by atoms with E-state index in [2.05, 4.69) is 40.7 Å². The number of carbonyl (C=O) groups is 1. The molecule has 3 atom stereocenters. The molecule has 2 aliphatic rings. The SMILES string of the molecule is COC(=O)C1Cc2c([nH]c3ccccc23)C(C2CC=CCC2)N1. The van der Waals surface area contributed by atoms with Crippen LogP contribution in [0.2, 0.25) is 0 Å². The van der Waals surface area contributed by atoms with Crippen LogP contribution in [0.1, 0.15) is 36.6 Å². The van der Waals surface area contributed by atoms with Crippen LogP contribution >= 0.6 is 0 Å². The molecule has 0 amide bonds. The lowest BCUT2D eigenvalue weighted by Gasteiger charge is -2.35. The summed E-state index contributed by atoms with van der Waals surface area (Å²) < 4.78 is 5.00. The zero-order chi connectivity index (χ0) is 15.8. The number of aromatic nitrogens is 1. The molecule has 1 aromatic carbocycles. The molecular formula is C19H22N2O2. The average Bonchev–Trinajstić information content (AvgIpc) is 2.99. The number of rotatable bonds is 2. The fourth-order valence-corrected chi connectivity index (χ4v) is 4.05. The van der Waals surface area contributed by atoms with E-state index < -0.39 is 0 Å². The molecule has 120 valence electrons. The molecule has 0 fully saturated rings. The number of aromatic amines is 1. The number of hydrogen-bond donors (Lipinski definition) is 2. The predicted octanol–water partition coefficient (Wildman–Crippen LogP) is 3.25. The summed E-state index contributed by atoms with van der Waals surface area (Å²) in [6.07, 6.45) is 8.52. The third kappa shape index (κ3) is 2.47. The van der Waals surface area contributed by atoms with Crippen molar-refractivity contribution in [3.63, 3.8) is 0 Å². The average molecular weight is 310 g/mol. The highest BCUT2D eigenvalue weighted by Gasteiger charge is 2.37. The minimum atomic E-state index is -0.261. The molecule has 1 aliphatic heterocycles. The number of para-hydroxylation sites is 1. The van der Waals surface area contributed by atoms with Crippen molar-refractivity contribution in [2.24, 2.45) is 5.92 Å². The molecule has 0 radical (unpaired) electrons. The van der Waals surface area contributed by atoms with Gasteiger partial charge in [0.25, 0.3) is 0 Å². The smallest absolute Gasteiger partial charge is 0.323 e. The van der Waals surface area contributed by atoms with Gasteiger partial charge in [0.1, 0.15) is 6.04 Å². The van der Waals surface area contributed by atoms with Gasteiger partial charge in [-0.3, -0.25) is 10.1 Å². The number of hydrogen-bond acceptors (Lipinski definition) is 3. The van der Waals surface area contributed by atoms with Gasteiger partial charge in [0.2, 0.25) is 0 Å². The van der Waals surface area contributed by atoms with Gasteiger partial charge in [0, 0.05) is 23.0 Å². The summed E-state index contributed by atoms with van der Waals surface area (Å²) in [5.74, 6) is 0.344. The van der Waals surface area contributed by atoms with Gasteiger partial charge in [-0.05, 0) is 36.8 Å². The van der Waals surface area contributed by atoms with E-state index in [1.54, 1.807) is 0 Å². The van der Waals surface area contributed by atoms with Crippen molar-refractivity contribution in [3.8, 4) is 0 Å². The Hall–Kier alpha value is -2.07. The summed E-state index contributed by atoms with van der Waals surface area (Å²) in [6.45, 7) is 0. The largest absolute Gasteiger partial charge is 0.468 e. The lowest BCUT2D eigenvalue weighted by molar-refractivity contribution is -0.143. The van der Waals surface area contributed by atoms with E-state index in [9.17, 15) is 4.79 Å². The number of H-pyrrole nitrogens is 1. The van der Waals surface area contributed by atoms with E-state index in [1.165, 1.54) is 23.8 Å². The summed E-state index contributed by atoms with van der Waals surface area (Å²) in [7, 11) is 1.47.